The number of rotatable bonds is 7. The number of ether oxygens (including phenoxy) is 2. The summed E-state index contributed by atoms with van der Waals surface area (Å²) in [5, 5.41) is 14.5. The lowest BCUT2D eigenvalue weighted by Gasteiger charge is -2.27. The van der Waals surface area contributed by atoms with Crippen molar-refractivity contribution < 1.29 is 28.0 Å². The summed E-state index contributed by atoms with van der Waals surface area (Å²) in [6.07, 6.45) is 0. The van der Waals surface area contributed by atoms with Crippen LogP contribution in [0.1, 0.15) is 32.3 Å². The Morgan fingerprint density at radius 2 is 1.96 bits per heavy atom. The molecule has 1 N–H and O–H groups in total. The number of nitrogens with zero attached hydrogens (tertiary/aromatic N) is 1. The molecule has 0 bridgehead atoms. The molecule has 1 aliphatic heterocycles. The first kappa shape index (κ1) is 21.1. The molecule has 0 spiro atoms. The van der Waals surface area contributed by atoms with Gasteiger partial charge in [0.25, 0.3) is 5.70 Å². The molecule has 0 aliphatic carbocycles. The van der Waals surface area contributed by atoms with Crippen LogP contribution in [0.5, 0.6) is 5.75 Å². The van der Waals surface area contributed by atoms with Crippen LogP contribution in [-0.2, 0) is 9.53 Å². The number of carbonyl (C=O) groups is 1. The van der Waals surface area contributed by atoms with Crippen molar-refractivity contribution in [2.45, 2.75) is 33.3 Å². The molecular weight excluding hydrogens is 374 g/mol. The third kappa shape index (κ3) is 4.54. The highest BCUT2D eigenvalue weighted by Crippen LogP contribution is 2.42. The maximum absolute atomic E-state index is 12.8. The van der Waals surface area contributed by atoms with Crippen molar-refractivity contribution in [3.63, 3.8) is 0 Å². The molecular formula is C19H20F2N2O5. The summed E-state index contributed by atoms with van der Waals surface area (Å²) >= 11 is 0. The van der Waals surface area contributed by atoms with Gasteiger partial charge < -0.3 is 14.8 Å². The normalized spacial score (nSPS) is 16.7. The number of allylic oxidation sites excluding steroid dienone is 3. The van der Waals surface area contributed by atoms with Crippen molar-refractivity contribution in [1.29, 1.82) is 0 Å². The topological polar surface area (TPSA) is 90.7 Å². The van der Waals surface area contributed by atoms with Crippen LogP contribution >= 0.6 is 0 Å². The Hall–Kier alpha value is -3.23. The van der Waals surface area contributed by atoms with Gasteiger partial charge in [-0.05, 0) is 32.4 Å². The number of nitro groups is 1. The molecule has 0 fully saturated rings. The van der Waals surface area contributed by atoms with Gasteiger partial charge in [0.1, 0.15) is 18.3 Å². The predicted octanol–water partition coefficient (Wildman–Crippen LogP) is 3.88. The van der Waals surface area contributed by atoms with Gasteiger partial charge in [-0.3, -0.25) is 10.1 Å². The van der Waals surface area contributed by atoms with E-state index in [4.69, 9.17) is 4.74 Å². The molecule has 28 heavy (non-hydrogen) atoms. The van der Waals surface area contributed by atoms with Gasteiger partial charge >= 0.3 is 12.6 Å². The van der Waals surface area contributed by atoms with Gasteiger partial charge in [-0.2, -0.15) is 8.78 Å². The fourth-order valence-corrected chi connectivity index (χ4v) is 2.99. The lowest BCUT2D eigenvalue weighted by molar-refractivity contribution is -0.431. The van der Waals surface area contributed by atoms with Crippen LogP contribution < -0.4 is 10.1 Å². The Kier molecular flexibility index (Phi) is 6.50. The summed E-state index contributed by atoms with van der Waals surface area (Å²) in [5.74, 6) is -2.31. The van der Waals surface area contributed by atoms with Gasteiger partial charge in [0, 0.05) is 11.3 Å². The van der Waals surface area contributed by atoms with Gasteiger partial charge in [0.05, 0.1) is 16.2 Å². The van der Waals surface area contributed by atoms with Crippen LogP contribution in [0, 0.1) is 10.1 Å². The van der Waals surface area contributed by atoms with E-state index in [9.17, 15) is 23.7 Å². The largest absolute Gasteiger partial charge is 0.458 e. The number of para-hydroxylation sites is 1. The summed E-state index contributed by atoms with van der Waals surface area (Å²) in [6.45, 7) is 5.12. The van der Waals surface area contributed by atoms with Gasteiger partial charge in [-0.1, -0.05) is 24.8 Å². The average Bonchev–Trinajstić information content (AvgIpc) is 2.58. The lowest BCUT2D eigenvalue weighted by Crippen LogP contribution is -2.32. The molecule has 9 heteroatoms. The molecule has 1 atom stereocenters. The molecule has 0 aromatic heterocycles. The first-order valence-corrected chi connectivity index (χ1v) is 8.31. The minimum absolute atomic E-state index is 0.0520. The van der Waals surface area contributed by atoms with Crippen LogP contribution in [0.15, 0.2) is 59.1 Å². The number of hydrogen-bond donors (Lipinski definition) is 1. The second-order valence-corrected chi connectivity index (χ2v) is 6.31. The summed E-state index contributed by atoms with van der Waals surface area (Å²) in [7, 11) is 0. The number of hydrogen-bond acceptors (Lipinski definition) is 6. The SMILES string of the molecule is C=C(C)COC(=O)C1=C(C)NC(C)=C([N+](=O)[O-])C1c1ccccc1OC(F)F. The van der Waals surface area contributed by atoms with Crippen molar-refractivity contribution in [3.8, 4) is 5.75 Å². The van der Waals surface area contributed by atoms with E-state index in [2.05, 4.69) is 16.6 Å². The van der Waals surface area contributed by atoms with E-state index < -0.39 is 23.4 Å². The standard InChI is InChI=1S/C19H20F2N2O5/c1-10(2)9-27-18(24)15-11(3)22-12(4)17(23(25)26)16(15)13-7-5-6-8-14(13)28-19(20)21/h5-8,16,19,22H,1,9H2,2-4H3. The number of alkyl halides is 2. The molecule has 0 saturated heterocycles. The van der Waals surface area contributed by atoms with Gasteiger partial charge in [-0.15, -0.1) is 0 Å². The Labute approximate surface area is 160 Å². The smallest absolute Gasteiger partial charge is 0.387 e. The second-order valence-electron chi connectivity index (χ2n) is 6.31. The van der Waals surface area contributed by atoms with E-state index in [0.717, 1.165) is 0 Å². The zero-order valence-corrected chi connectivity index (χ0v) is 15.6. The highest BCUT2D eigenvalue weighted by Gasteiger charge is 2.42. The molecule has 1 heterocycles. The Morgan fingerprint density at radius 1 is 1.32 bits per heavy atom. The van der Waals surface area contributed by atoms with Crippen LogP contribution in [0.4, 0.5) is 8.78 Å². The van der Waals surface area contributed by atoms with Crippen LogP contribution in [0.2, 0.25) is 0 Å². The van der Waals surface area contributed by atoms with Crippen molar-refractivity contribution in [1.82, 2.24) is 5.32 Å². The van der Waals surface area contributed by atoms with E-state index >= 15 is 0 Å². The van der Waals surface area contributed by atoms with Crippen molar-refractivity contribution in [2.24, 2.45) is 0 Å². The third-order valence-corrected chi connectivity index (χ3v) is 4.04. The van der Waals surface area contributed by atoms with Gasteiger partial charge in [-0.25, -0.2) is 4.79 Å². The average molecular weight is 394 g/mol. The molecule has 0 amide bonds. The van der Waals surface area contributed by atoms with E-state index in [1.165, 1.54) is 31.2 Å². The molecule has 150 valence electrons. The van der Waals surface area contributed by atoms with E-state index in [1.54, 1.807) is 13.8 Å². The summed E-state index contributed by atoms with van der Waals surface area (Å²) in [5.41, 5.74) is 0.760. The fraction of sp³-hybridized carbons (Fsp3) is 0.316. The molecule has 1 unspecified atom stereocenters. The summed E-state index contributed by atoms with van der Waals surface area (Å²) in [4.78, 5) is 23.8. The van der Waals surface area contributed by atoms with E-state index in [1.807, 2.05) is 0 Å². The zero-order chi connectivity index (χ0) is 21.0. The monoisotopic (exact) mass is 394 g/mol. The molecule has 7 nitrogen and oxygen atoms in total. The minimum Gasteiger partial charge on any atom is -0.458 e. The number of halogens is 2. The third-order valence-electron chi connectivity index (χ3n) is 4.04. The zero-order valence-electron chi connectivity index (χ0n) is 15.6. The van der Waals surface area contributed by atoms with Crippen LogP contribution in [-0.4, -0.2) is 24.1 Å². The number of benzene rings is 1. The summed E-state index contributed by atoms with van der Waals surface area (Å²) < 4.78 is 35.4. The highest BCUT2D eigenvalue weighted by atomic mass is 19.3. The maximum Gasteiger partial charge on any atom is 0.387 e. The van der Waals surface area contributed by atoms with Crippen molar-refractivity contribution in [2.75, 3.05) is 6.61 Å². The first-order chi connectivity index (χ1) is 13.1. The lowest BCUT2D eigenvalue weighted by atomic mass is 9.83. The summed E-state index contributed by atoms with van der Waals surface area (Å²) in [6, 6.07) is 5.65. The molecule has 2 rings (SSSR count). The molecule has 0 radical (unpaired) electrons. The van der Waals surface area contributed by atoms with E-state index in [0.29, 0.717) is 11.3 Å². The Bertz CT molecular complexity index is 877. The maximum atomic E-state index is 12.8. The van der Waals surface area contributed by atoms with Crippen LogP contribution in [0.25, 0.3) is 0 Å². The molecule has 1 aromatic rings. The van der Waals surface area contributed by atoms with E-state index in [-0.39, 0.29) is 34.9 Å². The highest BCUT2D eigenvalue weighted by molar-refractivity contribution is 5.92. The predicted molar refractivity (Wildman–Crippen MR) is 97.1 cm³/mol. The fourth-order valence-electron chi connectivity index (χ4n) is 2.99. The first-order valence-electron chi connectivity index (χ1n) is 8.31. The number of nitrogens with one attached hydrogen (secondary N) is 1. The quantitative estimate of drug-likeness (QED) is 0.327. The second kappa shape index (κ2) is 8.64. The van der Waals surface area contributed by atoms with Gasteiger partial charge in [0.2, 0.25) is 0 Å². The van der Waals surface area contributed by atoms with Crippen molar-refractivity contribution in [3.05, 3.63) is 74.8 Å². The molecule has 1 aromatic carbocycles. The van der Waals surface area contributed by atoms with Gasteiger partial charge in [0.15, 0.2) is 0 Å². The number of carbonyl (C=O) groups excluding carboxylic acids is 1. The molecule has 0 saturated carbocycles. The minimum atomic E-state index is -3.13. The Morgan fingerprint density at radius 3 is 2.54 bits per heavy atom. The van der Waals surface area contributed by atoms with Crippen LogP contribution in [0.3, 0.4) is 0 Å². The number of esters is 1. The van der Waals surface area contributed by atoms with Crippen molar-refractivity contribution >= 4 is 5.97 Å². The molecule has 1 aliphatic rings. The number of dihydropyridines is 1. The Balaban J connectivity index is 2.64.